The molecule has 0 radical (unpaired) electrons. The minimum absolute atomic E-state index is 0.411. The molecule has 0 atom stereocenters. The lowest BCUT2D eigenvalue weighted by Crippen LogP contribution is -2.27. The van der Waals surface area contributed by atoms with Crippen molar-refractivity contribution >= 4 is 0 Å². The van der Waals surface area contributed by atoms with E-state index >= 15 is 0 Å². The number of aromatic nitrogens is 2. The van der Waals surface area contributed by atoms with E-state index in [-0.39, 0.29) is 0 Å². The molecule has 3 rings (SSSR count). The molecular formula is C17H21N3O2. The lowest BCUT2D eigenvalue weighted by atomic mass is 9.97. The van der Waals surface area contributed by atoms with Gasteiger partial charge in [-0.15, -0.1) is 0 Å². The summed E-state index contributed by atoms with van der Waals surface area (Å²) in [5.74, 6) is 3.37. The Bertz CT molecular complexity index is 640. The number of benzene rings is 1. The highest BCUT2D eigenvalue weighted by Gasteiger charge is 2.19. The molecule has 0 amide bonds. The van der Waals surface area contributed by atoms with Crippen LogP contribution in [0.25, 0.3) is 0 Å². The van der Waals surface area contributed by atoms with Gasteiger partial charge in [-0.1, -0.05) is 6.07 Å². The van der Waals surface area contributed by atoms with E-state index in [1.807, 2.05) is 37.3 Å². The van der Waals surface area contributed by atoms with Crippen molar-refractivity contribution in [2.75, 3.05) is 20.2 Å². The van der Waals surface area contributed by atoms with Crippen molar-refractivity contribution < 1.29 is 9.47 Å². The number of rotatable bonds is 4. The zero-order chi connectivity index (χ0) is 15.4. The number of hydrogen-bond acceptors (Lipinski definition) is 5. The minimum Gasteiger partial charge on any atom is -0.497 e. The summed E-state index contributed by atoms with van der Waals surface area (Å²) in [6.45, 7) is 4.02. The van der Waals surface area contributed by atoms with Crippen LogP contribution >= 0.6 is 0 Å². The molecule has 116 valence electrons. The summed E-state index contributed by atoms with van der Waals surface area (Å²) < 4.78 is 11.1. The monoisotopic (exact) mass is 299 g/mol. The highest BCUT2D eigenvalue weighted by atomic mass is 16.5. The van der Waals surface area contributed by atoms with Crippen molar-refractivity contribution in [2.45, 2.75) is 25.7 Å². The summed E-state index contributed by atoms with van der Waals surface area (Å²) in [6.07, 6.45) is 2.14. The lowest BCUT2D eigenvalue weighted by molar-refractivity contribution is 0.404. The molecular weight excluding hydrogens is 278 g/mol. The zero-order valence-corrected chi connectivity index (χ0v) is 13.0. The van der Waals surface area contributed by atoms with Crippen LogP contribution in [0.15, 0.2) is 30.3 Å². The van der Waals surface area contributed by atoms with Crippen LogP contribution in [0.5, 0.6) is 17.4 Å². The number of nitrogens with zero attached hydrogens (tertiary/aromatic N) is 2. The normalized spacial score (nSPS) is 15.5. The Morgan fingerprint density at radius 1 is 1.09 bits per heavy atom. The van der Waals surface area contributed by atoms with Gasteiger partial charge < -0.3 is 14.8 Å². The van der Waals surface area contributed by atoms with Crippen LogP contribution in [0.4, 0.5) is 0 Å². The summed E-state index contributed by atoms with van der Waals surface area (Å²) in [5.41, 5.74) is 0.932. The average molecular weight is 299 g/mol. The molecule has 1 aliphatic rings. The van der Waals surface area contributed by atoms with Crippen LogP contribution in [-0.4, -0.2) is 30.2 Å². The van der Waals surface area contributed by atoms with Gasteiger partial charge in [0.2, 0.25) is 5.88 Å². The van der Waals surface area contributed by atoms with Gasteiger partial charge in [0.25, 0.3) is 0 Å². The van der Waals surface area contributed by atoms with Gasteiger partial charge >= 0.3 is 0 Å². The number of aryl methyl sites for hydroxylation is 1. The first kappa shape index (κ1) is 14.8. The first-order chi connectivity index (χ1) is 10.7. The summed E-state index contributed by atoms with van der Waals surface area (Å²) in [5, 5.41) is 3.37. The Morgan fingerprint density at radius 2 is 1.86 bits per heavy atom. The Kier molecular flexibility index (Phi) is 4.53. The van der Waals surface area contributed by atoms with Crippen molar-refractivity contribution in [2.24, 2.45) is 0 Å². The second-order valence-electron chi connectivity index (χ2n) is 5.51. The summed E-state index contributed by atoms with van der Waals surface area (Å²) in [6, 6.07) is 9.39. The summed E-state index contributed by atoms with van der Waals surface area (Å²) in [7, 11) is 1.64. The Balaban J connectivity index is 1.82. The van der Waals surface area contributed by atoms with Gasteiger partial charge in [0, 0.05) is 23.7 Å². The molecule has 1 fully saturated rings. The molecule has 1 aromatic heterocycles. The largest absolute Gasteiger partial charge is 0.497 e. The van der Waals surface area contributed by atoms with E-state index < -0.39 is 0 Å². The molecule has 5 nitrogen and oxygen atoms in total. The minimum atomic E-state index is 0.411. The van der Waals surface area contributed by atoms with Gasteiger partial charge in [-0.2, -0.15) is 4.98 Å². The molecule has 2 aromatic rings. The molecule has 1 aromatic carbocycles. The smallest absolute Gasteiger partial charge is 0.222 e. The number of nitrogens with one attached hydrogen (secondary N) is 1. The third-order valence-corrected chi connectivity index (χ3v) is 3.82. The topological polar surface area (TPSA) is 56.3 Å². The number of hydrogen-bond donors (Lipinski definition) is 1. The van der Waals surface area contributed by atoms with Crippen LogP contribution in [0, 0.1) is 6.92 Å². The molecule has 1 aliphatic heterocycles. The van der Waals surface area contributed by atoms with E-state index in [1.165, 1.54) is 0 Å². The van der Waals surface area contributed by atoms with Crippen LogP contribution in [0.2, 0.25) is 0 Å². The number of piperidine rings is 1. The fourth-order valence-corrected chi connectivity index (χ4v) is 2.66. The van der Waals surface area contributed by atoms with Crippen LogP contribution < -0.4 is 14.8 Å². The maximum absolute atomic E-state index is 5.89. The predicted molar refractivity (Wildman–Crippen MR) is 84.7 cm³/mol. The number of ether oxygens (including phenoxy) is 2. The van der Waals surface area contributed by atoms with Gasteiger partial charge in [-0.3, -0.25) is 0 Å². The van der Waals surface area contributed by atoms with E-state index in [4.69, 9.17) is 9.47 Å². The van der Waals surface area contributed by atoms with E-state index in [1.54, 1.807) is 7.11 Å². The van der Waals surface area contributed by atoms with Crippen molar-refractivity contribution in [1.82, 2.24) is 15.3 Å². The standard InChI is InChI=1S/C17H21N3O2/c1-12-10-16(22-15-5-3-4-14(11-15)21-2)20-17(19-12)13-6-8-18-9-7-13/h3-5,10-11,13,18H,6-9H2,1-2H3. The fraction of sp³-hybridized carbons (Fsp3) is 0.412. The third-order valence-electron chi connectivity index (χ3n) is 3.82. The maximum atomic E-state index is 5.89. The molecule has 1 N–H and O–H groups in total. The second kappa shape index (κ2) is 6.75. The third kappa shape index (κ3) is 3.54. The molecule has 0 saturated carbocycles. The molecule has 5 heteroatoms. The number of methoxy groups -OCH3 is 1. The van der Waals surface area contributed by atoms with Crippen molar-refractivity contribution in [3.63, 3.8) is 0 Å². The van der Waals surface area contributed by atoms with Crippen molar-refractivity contribution in [3.05, 3.63) is 41.9 Å². The van der Waals surface area contributed by atoms with Gasteiger partial charge in [0.05, 0.1) is 7.11 Å². The highest BCUT2D eigenvalue weighted by molar-refractivity contribution is 5.35. The van der Waals surface area contributed by atoms with Crippen molar-refractivity contribution in [1.29, 1.82) is 0 Å². The quantitative estimate of drug-likeness (QED) is 0.940. The summed E-state index contributed by atoms with van der Waals surface area (Å²) >= 11 is 0. The van der Waals surface area contributed by atoms with E-state index in [9.17, 15) is 0 Å². The van der Waals surface area contributed by atoms with E-state index in [2.05, 4.69) is 15.3 Å². The summed E-state index contributed by atoms with van der Waals surface area (Å²) in [4.78, 5) is 9.20. The van der Waals surface area contributed by atoms with Crippen LogP contribution in [0.1, 0.15) is 30.3 Å². The lowest BCUT2D eigenvalue weighted by Gasteiger charge is -2.21. The van der Waals surface area contributed by atoms with Crippen LogP contribution in [0.3, 0.4) is 0 Å². The molecule has 0 unspecified atom stereocenters. The Hall–Kier alpha value is -2.14. The first-order valence-corrected chi connectivity index (χ1v) is 7.63. The average Bonchev–Trinajstić information content (AvgIpc) is 2.55. The van der Waals surface area contributed by atoms with E-state index in [0.29, 0.717) is 17.5 Å². The first-order valence-electron chi connectivity index (χ1n) is 7.63. The van der Waals surface area contributed by atoms with Gasteiger partial charge in [-0.25, -0.2) is 4.98 Å². The highest BCUT2D eigenvalue weighted by Crippen LogP contribution is 2.27. The second-order valence-corrected chi connectivity index (χ2v) is 5.51. The molecule has 1 saturated heterocycles. The van der Waals surface area contributed by atoms with Crippen molar-refractivity contribution in [3.8, 4) is 17.4 Å². The zero-order valence-electron chi connectivity index (χ0n) is 13.0. The van der Waals surface area contributed by atoms with E-state index in [0.717, 1.165) is 43.2 Å². The predicted octanol–water partition coefficient (Wildman–Crippen LogP) is 3.05. The maximum Gasteiger partial charge on any atom is 0.222 e. The Labute approximate surface area is 130 Å². The Morgan fingerprint density at radius 3 is 2.64 bits per heavy atom. The molecule has 0 aliphatic carbocycles. The van der Waals surface area contributed by atoms with Gasteiger partial charge in [-0.05, 0) is 45.0 Å². The fourth-order valence-electron chi connectivity index (χ4n) is 2.66. The SMILES string of the molecule is COc1cccc(Oc2cc(C)nc(C3CCNCC3)n2)c1. The molecule has 22 heavy (non-hydrogen) atoms. The van der Waals surface area contributed by atoms with Gasteiger partial charge in [0.15, 0.2) is 0 Å². The molecule has 0 bridgehead atoms. The van der Waals surface area contributed by atoms with Gasteiger partial charge in [0.1, 0.15) is 17.3 Å². The van der Waals surface area contributed by atoms with Crippen LogP contribution in [-0.2, 0) is 0 Å². The molecule has 0 spiro atoms. The molecule has 2 heterocycles.